The van der Waals surface area contributed by atoms with Crippen LogP contribution in [-0.4, -0.2) is 30.6 Å². The van der Waals surface area contributed by atoms with Crippen LogP contribution in [0.25, 0.3) is 11.2 Å². The summed E-state index contributed by atoms with van der Waals surface area (Å²) in [5, 5.41) is 9.85. The number of fused-ring (bicyclic) bond motifs is 1. The number of aromatic nitrogens is 5. The Labute approximate surface area is 139 Å². The summed E-state index contributed by atoms with van der Waals surface area (Å²) in [6.07, 6.45) is 8.33. The Morgan fingerprint density at radius 1 is 1.29 bits per heavy atom. The molecule has 2 N–H and O–H groups in total. The van der Waals surface area contributed by atoms with E-state index in [1.54, 1.807) is 12.3 Å². The number of carbonyl (C=O) groups is 1. The molecule has 0 aromatic carbocycles. The Bertz CT molecular complexity index is 884. The van der Waals surface area contributed by atoms with Gasteiger partial charge >= 0.3 is 0 Å². The Kier molecular flexibility index (Phi) is 3.55. The van der Waals surface area contributed by atoms with E-state index in [0.717, 1.165) is 28.2 Å². The third-order valence-electron chi connectivity index (χ3n) is 4.76. The number of H-pyrrole nitrogens is 1. The van der Waals surface area contributed by atoms with E-state index in [1.165, 1.54) is 25.7 Å². The number of rotatable bonds is 3. The third kappa shape index (κ3) is 2.46. The molecule has 3 aromatic rings. The van der Waals surface area contributed by atoms with Crippen molar-refractivity contribution in [3.05, 3.63) is 35.5 Å². The standard InChI is InChI=1S/C17H20N6O/c1-10-15(11(2)22-21-10)20-17(24)12-7-14-16(18-8-12)23(9-19-14)13-5-3-4-6-13/h7-9,13H,3-6H2,1-2H3,(H,20,24)(H,21,22). The van der Waals surface area contributed by atoms with Gasteiger partial charge < -0.3 is 9.88 Å². The fourth-order valence-electron chi connectivity index (χ4n) is 3.41. The number of aromatic amines is 1. The molecule has 0 aliphatic heterocycles. The highest BCUT2D eigenvalue weighted by Gasteiger charge is 2.20. The summed E-state index contributed by atoms with van der Waals surface area (Å²) in [6, 6.07) is 2.28. The lowest BCUT2D eigenvalue weighted by Gasteiger charge is -2.11. The number of aryl methyl sites for hydroxylation is 2. The van der Waals surface area contributed by atoms with Gasteiger partial charge in [-0.15, -0.1) is 0 Å². The van der Waals surface area contributed by atoms with Gasteiger partial charge in [-0.1, -0.05) is 12.8 Å². The number of imidazole rings is 1. The van der Waals surface area contributed by atoms with E-state index in [-0.39, 0.29) is 5.91 Å². The second-order valence-corrected chi connectivity index (χ2v) is 6.42. The molecule has 3 aromatic heterocycles. The lowest BCUT2D eigenvalue weighted by atomic mass is 10.2. The zero-order valence-electron chi connectivity index (χ0n) is 13.8. The highest BCUT2D eigenvalue weighted by Crippen LogP contribution is 2.31. The van der Waals surface area contributed by atoms with E-state index in [2.05, 4.69) is 30.0 Å². The fraction of sp³-hybridized carbons (Fsp3) is 0.412. The molecule has 0 bridgehead atoms. The minimum absolute atomic E-state index is 0.201. The maximum absolute atomic E-state index is 12.5. The first-order valence-corrected chi connectivity index (χ1v) is 8.29. The quantitative estimate of drug-likeness (QED) is 0.774. The van der Waals surface area contributed by atoms with Gasteiger partial charge in [-0.25, -0.2) is 9.97 Å². The largest absolute Gasteiger partial charge is 0.319 e. The molecule has 1 aliphatic carbocycles. The zero-order valence-corrected chi connectivity index (χ0v) is 13.8. The molecule has 1 aliphatic rings. The molecule has 24 heavy (non-hydrogen) atoms. The molecule has 124 valence electrons. The minimum atomic E-state index is -0.201. The van der Waals surface area contributed by atoms with Gasteiger partial charge in [0.15, 0.2) is 5.65 Å². The number of hydrogen-bond donors (Lipinski definition) is 2. The smallest absolute Gasteiger partial charge is 0.257 e. The highest BCUT2D eigenvalue weighted by molar-refractivity contribution is 6.05. The van der Waals surface area contributed by atoms with Crippen LogP contribution < -0.4 is 5.32 Å². The van der Waals surface area contributed by atoms with Gasteiger partial charge in [0.05, 0.1) is 29.0 Å². The third-order valence-corrected chi connectivity index (χ3v) is 4.76. The molecule has 1 amide bonds. The van der Waals surface area contributed by atoms with Crippen molar-refractivity contribution in [1.29, 1.82) is 0 Å². The summed E-state index contributed by atoms with van der Waals surface area (Å²) in [5.74, 6) is -0.201. The van der Waals surface area contributed by atoms with Crippen molar-refractivity contribution < 1.29 is 4.79 Å². The molecule has 1 saturated carbocycles. The second-order valence-electron chi connectivity index (χ2n) is 6.42. The van der Waals surface area contributed by atoms with Crippen molar-refractivity contribution in [3.8, 4) is 0 Å². The summed E-state index contributed by atoms with van der Waals surface area (Å²) in [7, 11) is 0. The van der Waals surface area contributed by atoms with Gasteiger partial charge in [-0.2, -0.15) is 5.10 Å². The Morgan fingerprint density at radius 3 is 2.79 bits per heavy atom. The summed E-state index contributed by atoms with van der Waals surface area (Å²) in [5.41, 5.74) is 4.43. The van der Waals surface area contributed by atoms with Crippen LogP contribution in [0, 0.1) is 13.8 Å². The van der Waals surface area contributed by atoms with E-state index < -0.39 is 0 Å². The summed E-state index contributed by atoms with van der Waals surface area (Å²) in [6.45, 7) is 3.73. The number of anilines is 1. The monoisotopic (exact) mass is 324 g/mol. The Hall–Kier alpha value is -2.70. The normalized spacial score (nSPS) is 15.2. The first kappa shape index (κ1) is 14.9. The summed E-state index contributed by atoms with van der Waals surface area (Å²) < 4.78 is 2.15. The van der Waals surface area contributed by atoms with Crippen LogP contribution in [0.5, 0.6) is 0 Å². The molecule has 0 atom stereocenters. The van der Waals surface area contributed by atoms with E-state index >= 15 is 0 Å². The first-order valence-electron chi connectivity index (χ1n) is 8.29. The lowest BCUT2D eigenvalue weighted by molar-refractivity contribution is 0.102. The van der Waals surface area contributed by atoms with Gasteiger partial charge in [0, 0.05) is 12.2 Å². The molecule has 0 unspecified atom stereocenters. The van der Waals surface area contributed by atoms with Crippen LogP contribution in [-0.2, 0) is 0 Å². The van der Waals surface area contributed by atoms with Gasteiger partial charge in [0.2, 0.25) is 0 Å². The lowest BCUT2D eigenvalue weighted by Crippen LogP contribution is -2.13. The zero-order chi connectivity index (χ0) is 16.7. The number of nitrogens with zero attached hydrogens (tertiary/aromatic N) is 4. The second kappa shape index (κ2) is 5.74. The maximum atomic E-state index is 12.5. The van der Waals surface area contributed by atoms with Crippen LogP contribution in [0.1, 0.15) is 53.5 Å². The number of carbonyl (C=O) groups excluding carboxylic acids is 1. The van der Waals surface area contributed by atoms with Crippen LogP contribution in [0.15, 0.2) is 18.6 Å². The van der Waals surface area contributed by atoms with Crippen LogP contribution in [0.3, 0.4) is 0 Å². The molecule has 0 radical (unpaired) electrons. The first-order chi connectivity index (χ1) is 11.6. The molecular weight excluding hydrogens is 304 g/mol. The number of nitrogens with one attached hydrogen (secondary N) is 2. The van der Waals surface area contributed by atoms with Gasteiger partial charge in [0.1, 0.15) is 5.52 Å². The Balaban J connectivity index is 1.62. The number of amides is 1. The van der Waals surface area contributed by atoms with Gasteiger partial charge in [-0.05, 0) is 32.8 Å². The summed E-state index contributed by atoms with van der Waals surface area (Å²) in [4.78, 5) is 21.4. The molecule has 0 saturated heterocycles. The molecule has 0 spiro atoms. The molecule has 7 heteroatoms. The molecule has 1 fully saturated rings. The number of hydrogen-bond acceptors (Lipinski definition) is 4. The minimum Gasteiger partial charge on any atom is -0.319 e. The van der Waals surface area contributed by atoms with Crippen LogP contribution in [0.2, 0.25) is 0 Å². The van der Waals surface area contributed by atoms with Crippen molar-refractivity contribution in [2.24, 2.45) is 0 Å². The topological polar surface area (TPSA) is 88.5 Å². The van der Waals surface area contributed by atoms with Crippen molar-refractivity contribution in [2.45, 2.75) is 45.6 Å². The summed E-state index contributed by atoms with van der Waals surface area (Å²) >= 11 is 0. The van der Waals surface area contributed by atoms with E-state index in [1.807, 2.05) is 20.2 Å². The number of pyridine rings is 1. The molecule has 7 nitrogen and oxygen atoms in total. The maximum Gasteiger partial charge on any atom is 0.257 e. The fourth-order valence-corrected chi connectivity index (χ4v) is 3.41. The molecule has 3 heterocycles. The van der Waals surface area contributed by atoms with Crippen molar-refractivity contribution in [2.75, 3.05) is 5.32 Å². The average molecular weight is 324 g/mol. The SMILES string of the molecule is Cc1n[nH]c(C)c1NC(=O)c1cnc2c(c1)ncn2C1CCCC1. The highest BCUT2D eigenvalue weighted by atomic mass is 16.1. The van der Waals surface area contributed by atoms with Crippen LogP contribution in [0.4, 0.5) is 5.69 Å². The van der Waals surface area contributed by atoms with E-state index in [9.17, 15) is 4.79 Å². The van der Waals surface area contributed by atoms with E-state index in [0.29, 0.717) is 11.6 Å². The predicted molar refractivity (Wildman–Crippen MR) is 91.0 cm³/mol. The van der Waals surface area contributed by atoms with Gasteiger partial charge in [0.25, 0.3) is 5.91 Å². The van der Waals surface area contributed by atoms with Crippen molar-refractivity contribution in [3.63, 3.8) is 0 Å². The molecular formula is C17H20N6O. The van der Waals surface area contributed by atoms with E-state index in [4.69, 9.17) is 0 Å². The molecule has 4 rings (SSSR count). The van der Waals surface area contributed by atoms with Crippen molar-refractivity contribution in [1.82, 2.24) is 24.7 Å². The van der Waals surface area contributed by atoms with Gasteiger partial charge in [-0.3, -0.25) is 9.89 Å². The Morgan fingerprint density at radius 2 is 2.08 bits per heavy atom. The van der Waals surface area contributed by atoms with Crippen LogP contribution >= 0.6 is 0 Å². The predicted octanol–water partition coefficient (Wildman–Crippen LogP) is 3.14. The average Bonchev–Trinajstić information content (AvgIpc) is 3.30. The van der Waals surface area contributed by atoms with Crippen molar-refractivity contribution >= 4 is 22.8 Å².